The maximum atomic E-state index is 12.7. The van der Waals surface area contributed by atoms with Crippen molar-refractivity contribution in [3.8, 4) is 5.75 Å². The lowest BCUT2D eigenvalue weighted by atomic mass is 9.97. The van der Waals surface area contributed by atoms with Crippen molar-refractivity contribution in [3.63, 3.8) is 0 Å². The van der Waals surface area contributed by atoms with Crippen LogP contribution in [0.1, 0.15) is 16.7 Å². The molecule has 7 heteroatoms. The number of amides is 1. The smallest absolute Gasteiger partial charge is 0.254 e. The summed E-state index contributed by atoms with van der Waals surface area (Å²) in [6, 6.07) is 19.8. The zero-order valence-corrected chi connectivity index (χ0v) is 21.0. The summed E-state index contributed by atoms with van der Waals surface area (Å²) in [5.41, 5.74) is 1.95. The molecule has 0 radical (unpaired) electrons. The van der Waals surface area contributed by atoms with Gasteiger partial charge in [-0.3, -0.25) is 4.79 Å². The van der Waals surface area contributed by atoms with Crippen molar-refractivity contribution in [2.45, 2.75) is 25.8 Å². The number of carbonyl (C=O) groups excluding carboxylic acids is 1. The molecule has 0 aliphatic carbocycles. The topological polar surface area (TPSA) is 74.6 Å². The average Bonchev–Trinajstić information content (AvgIpc) is 2.89. The Morgan fingerprint density at radius 3 is 2.58 bits per heavy atom. The second kappa shape index (κ2) is 10.7. The molecule has 186 valence electrons. The SMILES string of the molecule is COc1ccc(CON=CC2(O)C=CC(C(=O)N(C)C)=CN2Cc2c(C)ccc3ccccc23)cc1. The van der Waals surface area contributed by atoms with E-state index in [0.29, 0.717) is 12.1 Å². The van der Waals surface area contributed by atoms with Crippen LogP contribution in [-0.4, -0.2) is 54.0 Å². The van der Waals surface area contributed by atoms with Gasteiger partial charge in [-0.15, -0.1) is 0 Å². The number of aliphatic hydroxyl groups is 1. The molecular weight excluding hydrogens is 454 g/mol. The van der Waals surface area contributed by atoms with Crippen molar-refractivity contribution in [2.24, 2.45) is 5.16 Å². The van der Waals surface area contributed by atoms with Gasteiger partial charge >= 0.3 is 0 Å². The highest BCUT2D eigenvalue weighted by Crippen LogP contribution is 2.29. The van der Waals surface area contributed by atoms with Gasteiger partial charge in [-0.2, -0.15) is 0 Å². The first kappa shape index (κ1) is 25.0. The molecule has 1 atom stereocenters. The predicted octanol–water partition coefficient (Wildman–Crippen LogP) is 4.39. The number of ether oxygens (including phenoxy) is 1. The van der Waals surface area contributed by atoms with E-state index < -0.39 is 5.72 Å². The number of rotatable bonds is 8. The van der Waals surface area contributed by atoms with Gasteiger partial charge in [0, 0.05) is 26.8 Å². The molecule has 1 heterocycles. The maximum Gasteiger partial charge on any atom is 0.254 e. The zero-order valence-electron chi connectivity index (χ0n) is 21.0. The van der Waals surface area contributed by atoms with Crippen LogP contribution in [0.3, 0.4) is 0 Å². The van der Waals surface area contributed by atoms with Crippen LogP contribution in [0.25, 0.3) is 10.8 Å². The summed E-state index contributed by atoms with van der Waals surface area (Å²) in [5.74, 6) is 0.610. The van der Waals surface area contributed by atoms with Gasteiger partial charge in [-0.1, -0.05) is 53.7 Å². The molecule has 36 heavy (non-hydrogen) atoms. The monoisotopic (exact) mass is 485 g/mol. The first-order valence-electron chi connectivity index (χ1n) is 11.7. The Kier molecular flexibility index (Phi) is 7.41. The van der Waals surface area contributed by atoms with Gasteiger partial charge in [-0.05, 0) is 58.7 Å². The summed E-state index contributed by atoms with van der Waals surface area (Å²) in [6.07, 6.45) is 6.20. The van der Waals surface area contributed by atoms with Gasteiger partial charge in [0.05, 0.1) is 12.7 Å². The molecule has 1 unspecified atom stereocenters. The number of hydrogen-bond donors (Lipinski definition) is 1. The van der Waals surface area contributed by atoms with Gasteiger partial charge < -0.3 is 24.5 Å². The van der Waals surface area contributed by atoms with Crippen molar-refractivity contribution in [3.05, 3.63) is 101 Å². The van der Waals surface area contributed by atoms with Crippen LogP contribution in [0.4, 0.5) is 0 Å². The molecule has 0 bridgehead atoms. The minimum absolute atomic E-state index is 0.152. The van der Waals surface area contributed by atoms with E-state index in [-0.39, 0.29) is 12.5 Å². The van der Waals surface area contributed by atoms with Crippen LogP contribution in [0.15, 0.2) is 89.7 Å². The Bertz CT molecular complexity index is 1330. The molecule has 0 saturated heterocycles. The van der Waals surface area contributed by atoms with Crippen molar-refractivity contribution >= 4 is 22.9 Å². The zero-order chi connectivity index (χ0) is 25.7. The standard InChI is InChI=1S/C29H31N3O4/c1-21-9-12-23-7-5-6-8-26(23)27(21)18-32-17-24(28(33)31(2)3)15-16-29(32,34)20-30-36-19-22-10-13-25(35-4)14-11-22/h5-17,20,34H,18-19H2,1-4H3. The van der Waals surface area contributed by atoms with Crippen molar-refractivity contribution in [1.82, 2.24) is 9.80 Å². The van der Waals surface area contributed by atoms with E-state index in [1.807, 2.05) is 43.3 Å². The van der Waals surface area contributed by atoms with Gasteiger partial charge in [0.15, 0.2) is 5.72 Å². The number of aryl methyl sites for hydroxylation is 1. The van der Waals surface area contributed by atoms with Crippen LogP contribution in [0, 0.1) is 6.92 Å². The lowest BCUT2D eigenvalue weighted by Crippen LogP contribution is -2.47. The molecule has 3 aromatic carbocycles. The van der Waals surface area contributed by atoms with E-state index in [9.17, 15) is 9.90 Å². The Labute approximate surface area is 211 Å². The molecule has 3 aromatic rings. The molecule has 1 amide bonds. The molecule has 0 fully saturated rings. The predicted molar refractivity (Wildman–Crippen MR) is 141 cm³/mol. The fraction of sp³-hybridized carbons (Fsp3) is 0.241. The quantitative estimate of drug-likeness (QED) is 0.378. The molecule has 1 N–H and O–H groups in total. The molecule has 1 aliphatic rings. The fourth-order valence-corrected chi connectivity index (χ4v) is 4.07. The third-order valence-corrected chi connectivity index (χ3v) is 6.23. The first-order valence-corrected chi connectivity index (χ1v) is 11.7. The van der Waals surface area contributed by atoms with E-state index >= 15 is 0 Å². The van der Waals surface area contributed by atoms with Crippen LogP contribution >= 0.6 is 0 Å². The first-order chi connectivity index (χ1) is 17.3. The van der Waals surface area contributed by atoms with E-state index in [2.05, 4.69) is 29.4 Å². The average molecular weight is 486 g/mol. The van der Waals surface area contributed by atoms with Crippen LogP contribution in [-0.2, 0) is 22.8 Å². The molecular formula is C29H31N3O4. The number of likely N-dealkylation sites (N-methyl/N-ethyl adjacent to an activating group) is 1. The second-order valence-corrected chi connectivity index (χ2v) is 8.97. The molecule has 0 aromatic heterocycles. The third kappa shape index (κ3) is 5.42. The Balaban J connectivity index is 1.61. The molecule has 0 spiro atoms. The number of carbonyl (C=O) groups is 1. The Morgan fingerprint density at radius 1 is 1.11 bits per heavy atom. The summed E-state index contributed by atoms with van der Waals surface area (Å²) in [6.45, 7) is 2.65. The lowest BCUT2D eigenvalue weighted by Gasteiger charge is -2.37. The minimum Gasteiger partial charge on any atom is -0.497 e. The lowest BCUT2D eigenvalue weighted by molar-refractivity contribution is -0.124. The van der Waals surface area contributed by atoms with Crippen molar-refractivity contribution in [2.75, 3.05) is 21.2 Å². The minimum atomic E-state index is -1.58. The van der Waals surface area contributed by atoms with Crippen LogP contribution in [0.5, 0.6) is 5.75 Å². The van der Waals surface area contributed by atoms with Crippen molar-refractivity contribution in [1.29, 1.82) is 0 Å². The van der Waals surface area contributed by atoms with Gasteiger partial charge in [0.2, 0.25) is 0 Å². The van der Waals surface area contributed by atoms with E-state index in [1.54, 1.807) is 44.5 Å². The molecule has 0 saturated carbocycles. The van der Waals surface area contributed by atoms with Gasteiger partial charge in [-0.25, -0.2) is 0 Å². The van der Waals surface area contributed by atoms with E-state index in [4.69, 9.17) is 9.57 Å². The fourth-order valence-electron chi connectivity index (χ4n) is 4.07. The number of oxime groups is 1. The summed E-state index contributed by atoms with van der Waals surface area (Å²) in [7, 11) is 5.02. The van der Waals surface area contributed by atoms with Crippen molar-refractivity contribution < 1.29 is 19.5 Å². The Hall–Kier alpha value is -4.10. The highest BCUT2D eigenvalue weighted by Gasteiger charge is 2.33. The highest BCUT2D eigenvalue weighted by molar-refractivity contribution is 5.96. The van der Waals surface area contributed by atoms with Gasteiger partial charge in [0.25, 0.3) is 5.91 Å². The van der Waals surface area contributed by atoms with E-state index in [1.165, 1.54) is 11.1 Å². The third-order valence-electron chi connectivity index (χ3n) is 6.23. The molecule has 4 rings (SSSR count). The molecule has 1 aliphatic heterocycles. The summed E-state index contributed by atoms with van der Waals surface area (Å²) in [5, 5.41) is 17.8. The summed E-state index contributed by atoms with van der Waals surface area (Å²) >= 11 is 0. The number of benzene rings is 3. The highest BCUT2D eigenvalue weighted by atomic mass is 16.6. The van der Waals surface area contributed by atoms with Crippen LogP contribution < -0.4 is 4.74 Å². The number of hydrogen-bond acceptors (Lipinski definition) is 6. The summed E-state index contributed by atoms with van der Waals surface area (Å²) in [4.78, 5) is 21.4. The maximum absolute atomic E-state index is 12.7. The number of methoxy groups -OCH3 is 1. The Morgan fingerprint density at radius 2 is 1.86 bits per heavy atom. The molecule has 7 nitrogen and oxygen atoms in total. The van der Waals surface area contributed by atoms with Crippen LogP contribution in [0.2, 0.25) is 0 Å². The van der Waals surface area contributed by atoms with Gasteiger partial charge in [0.1, 0.15) is 18.6 Å². The van der Waals surface area contributed by atoms with E-state index in [0.717, 1.165) is 33.2 Å². The number of nitrogens with zero attached hydrogens (tertiary/aromatic N) is 3. The second-order valence-electron chi connectivity index (χ2n) is 8.97. The number of fused-ring (bicyclic) bond motifs is 1. The largest absolute Gasteiger partial charge is 0.497 e. The summed E-state index contributed by atoms with van der Waals surface area (Å²) < 4.78 is 5.17. The normalized spacial score (nSPS) is 17.4.